The molecule has 0 aromatic carbocycles. The van der Waals surface area contributed by atoms with Crippen LogP contribution in [-0.4, -0.2) is 44.8 Å². The van der Waals surface area contributed by atoms with Gasteiger partial charge in [0.1, 0.15) is 5.76 Å². The van der Waals surface area contributed by atoms with Gasteiger partial charge in [0.2, 0.25) is 0 Å². The molecule has 102 valence electrons. The molecule has 0 radical (unpaired) electrons. The Hall–Kier alpha value is -0.840. The van der Waals surface area contributed by atoms with Crippen LogP contribution in [0.25, 0.3) is 0 Å². The first kappa shape index (κ1) is 13.6. The van der Waals surface area contributed by atoms with E-state index in [9.17, 15) is 0 Å². The van der Waals surface area contributed by atoms with Crippen LogP contribution in [0.1, 0.15) is 18.6 Å². The van der Waals surface area contributed by atoms with Crippen LogP contribution in [0.3, 0.4) is 0 Å². The second kappa shape index (κ2) is 7.56. The number of likely N-dealkylation sites (tertiary alicyclic amines) is 1. The zero-order valence-electron chi connectivity index (χ0n) is 11.2. The van der Waals surface area contributed by atoms with Crippen molar-refractivity contribution in [2.24, 2.45) is 5.92 Å². The molecule has 1 aromatic heterocycles. The maximum absolute atomic E-state index is 5.28. The molecule has 1 aliphatic heterocycles. The summed E-state index contributed by atoms with van der Waals surface area (Å²) in [6, 6.07) is 3.93. The molecule has 2 rings (SSSR count). The summed E-state index contributed by atoms with van der Waals surface area (Å²) >= 11 is 0. The van der Waals surface area contributed by atoms with Crippen LogP contribution in [0.2, 0.25) is 0 Å². The first-order chi connectivity index (χ1) is 8.88. The number of nitrogens with zero attached hydrogens (tertiary/aromatic N) is 1. The molecule has 0 saturated carbocycles. The maximum atomic E-state index is 5.28. The minimum Gasteiger partial charge on any atom is -0.468 e. The van der Waals surface area contributed by atoms with Crippen LogP contribution >= 0.6 is 0 Å². The number of furan rings is 1. The van der Waals surface area contributed by atoms with Gasteiger partial charge in [-0.25, -0.2) is 0 Å². The van der Waals surface area contributed by atoms with Crippen LogP contribution in [0.5, 0.6) is 0 Å². The molecule has 1 aliphatic rings. The third-order valence-corrected chi connectivity index (χ3v) is 3.59. The van der Waals surface area contributed by atoms with E-state index in [0.717, 1.165) is 37.9 Å². The van der Waals surface area contributed by atoms with Crippen LogP contribution in [0, 0.1) is 5.92 Å². The van der Waals surface area contributed by atoms with E-state index < -0.39 is 0 Å². The first-order valence-corrected chi connectivity index (χ1v) is 6.83. The molecule has 1 saturated heterocycles. The number of methoxy groups -OCH3 is 1. The zero-order valence-corrected chi connectivity index (χ0v) is 11.2. The lowest BCUT2D eigenvalue weighted by Gasteiger charge is -2.31. The number of hydrogen-bond acceptors (Lipinski definition) is 4. The van der Waals surface area contributed by atoms with E-state index in [4.69, 9.17) is 9.15 Å². The van der Waals surface area contributed by atoms with Crippen LogP contribution in [0.4, 0.5) is 0 Å². The van der Waals surface area contributed by atoms with Crippen LogP contribution in [0.15, 0.2) is 22.8 Å². The highest BCUT2D eigenvalue weighted by Gasteiger charge is 2.18. The summed E-state index contributed by atoms with van der Waals surface area (Å²) in [5, 5.41) is 3.41. The molecule has 18 heavy (non-hydrogen) atoms. The van der Waals surface area contributed by atoms with Crippen molar-refractivity contribution in [1.29, 1.82) is 0 Å². The van der Waals surface area contributed by atoms with Gasteiger partial charge in [-0.3, -0.25) is 0 Å². The fourth-order valence-electron chi connectivity index (χ4n) is 2.47. The molecule has 1 aromatic rings. The highest BCUT2D eigenvalue weighted by molar-refractivity contribution is 4.97. The summed E-state index contributed by atoms with van der Waals surface area (Å²) in [6.45, 7) is 6.31. The monoisotopic (exact) mass is 252 g/mol. The average molecular weight is 252 g/mol. The normalized spacial score (nSPS) is 18.3. The largest absolute Gasteiger partial charge is 0.468 e. The van der Waals surface area contributed by atoms with Crippen molar-refractivity contribution < 1.29 is 9.15 Å². The molecular formula is C14H24N2O2. The molecule has 0 unspecified atom stereocenters. The standard InChI is InChI=1S/C14H24N2O2/c1-17-12-13-4-7-16(8-5-13)9-6-15-11-14-3-2-10-18-14/h2-3,10,13,15H,4-9,11-12H2,1H3. The number of piperidine rings is 1. The third-order valence-electron chi connectivity index (χ3n) is 3.59. The molecule has 1 N–H and O–H groups in total. The van der Waals surface area contributed by atoms with Crippen molar-refractivity contribution in [3.05, 3.63) is 24.2 Å². The summed E-state index contributed by atoms with van der Waals surface area (Å²) in [5.41, 5.74) is 0. The van der Waals surface area contributed by atoms with Gasteiger partial charge < -0.3 is 19.4 Å². The van der Waals surface area contributed by atoms with E-state index in [1.807, 2.05) is 12.1 Å². The van der Waals surface area contributed by atoms with Crippen molar-refractivity contribution in [2.45, 2.75) is 19.4 Å². The van der Waals surface area contributed by atoms with Crippen molar-refractivity contribution >= 4 is 0 Å². The molecule has 0 amide bonds. The zero-order chi connectivity index (χ0) is 12.6. The molecule has 4 heteroatoms. The van der Waals surface area contributed by atoms with E-state index in [2.05, 4.69) is 10.2 Å². The smallest absolute Gasteiger partial charge is 0.117 e. The van der Waals surface area contributed by atoms with Gasteiger partial charge in [-0.15, -0.1) is 0 Å². The second-order valence-electron chi connectivity index (χ2n) is 5.00. The molecule has 0 aliphatic carbocycles. The van der Waals surface area contributed by atoms with E-state index in [1.165, 1.54) is 25.9 Å². The van der Waals surface area contributed by atoms with Gasteiger partial charge >= 0.3 is 0 Å². The molecular weight excluding hydrogens is 228 g/mol. The highest BCUT2D eigenvalue weighted by Crippen LogP contribution is 2.16. The van der Waals surface area contributed by atoms with Crippen molar-refractivity contribution in [3.63, 3.8) is 0 Å². The average Bonchev–Trinajstić information content (AvgIpc) is 2.90. The topological polar surface area (TPSA) is 37.6 Å². The number of nitrogens with one attached hydrogen (secondary N) is 1. The second-order valence-corrected chi connectivity index (χ2v) is 5.00. The SMILES string of the molecule is COCC1CCN(CCNCc2ccco2)CC1. The Bertz CT molecular complexity index is 306. The van der Waals surface area contributed by atoms with Crippen LogP contribution < -0.4 is 5.32 Å². The lowest BCUT2D eigenvalue weighted by atomic mass is 9.98. The molecule has 4 nitrogen and oxygen atoms in total. The highest BCUT2D eigenvalue weighted by atomic mass is 16.5. The van der Waals surface area contributed by atoms with Gasteiger partial charge in [0, 0.05) is 26.8 Å². The third kappa shape index (κ3) is 4.44. The number of hydrogen-bond donors (Lipinski definition) is 1. The van der Waals surface area contributed by atoms with Crippen molar-refractivity contribution in [2.75, 3.05) is 39.9 Å². The van der Waals surface area contributed by atoms with Gasteiger partial charge in [-0.2, -0.15) is 0 Å². The van der Waals surface area contributed by atoms with Crippen LogP contribution in [-0.2, 0) is 11.3 Å². The first-order valence-electron chi connectivity index (χ1n) is 6.83. The fraction of sp³-hybridized carbons (Fsp3) is 0.714. The molecule has 0 bridgehead atoms. The summed E-state index contributed by atoms with van der Waals surface area (Å²) in [7, 11) is 1.80. The Morgan fingerprint density at radius 2 is 2.28 bits per heavy atom. The van der Waals surface area contributed by atoms with Crippen molar-refractivity contribution in [1.82, 2.24) is 10.2 Å². The predicted octanol–water partition coefficient (Wildman–Crippen LogP) is 1.73. The Labute approximate surface area is 109 Å². The van der Waals surface area contributed by atoms with Gasteiger partial charge in [-0.1, -0.05) is 0 Å². The lowest BCUT2D eigenvalue weighted by Crippen LogP contribution is -2.39. The number of ether oxygens (including phenoxy) is 1. The van der Waals surface area contributed by atoms with Crippen molar-refractivity contribution in [3.8, 4) is 0 Å². The Morgan fingerprint density at radius 1 is 1.44 bits per heavy atom. The fourth-order valence-corrected chi connectivity index (χ4v) is 2.47. The Kier molecular flexibility index (Phi) is 5.71. The van der Waals surface area contributed by atoms with Gasteiger partial charge in [0.05, 0.1) is 12.8 Å². The van der Waals surface area contributed by atoms with Gasteiger partial charge in [0.25, 0.3) is 0 Å². The summed E-state index contributed by atoms with van der Waals surface area (Å²) in [5.74, 6) is 1.77. The summed E-state index contributed by atoms with van der Waals surface area (Å²) in [6.07, 6.45) is 4.26. The summed E-state index contributed by atoms with van der Waals surface area (Å²) < 4.78 is 10.5. The van der Waals surface area contributed by atoms with E-state index in [0.29, 0.717) is 0 Å². The predicted molar refractivity (Wildman–Crippen MR) is 71.5 cm³/mol. The van der Waals surface area contributed by atoms with E-state index in [-0.39, 0.29) is 0 Å². The van der Waals surface area contributed by atoms with Gasteiger partial charge in [-0.05, 0) is 44.0 Å². The molecule has 1 fully saturated rings. The maximum Gasteiger partial charge on any atom is 0.117 e. The minimum atomic E-state index is 0.766. The molecule has 2 heterocycles. The Balaban J connectivity index is 1.53. The summed E-state index contributed by atoms with van der Waals surface area (Å²) in [4.78, 5) is 2.53. The minimum absolute atomic E-state index is 0.766. The number of rotatable bonds is 7. The quantitative estimate of drug-likeness (QED) is 0.750. The molecule has 0 spiro atoms. The molecule has 0 atom stereocenters. The van der Waals surface area contributed by atoms with Gasteiger partial charge in [0.15, 0.2) is 0 Å². The van der Waals surface area contributed by atoms with E-state index in [1.54, 1.807) is 13.4 Å². The van der Waals surface area contributed by atoms with E-state index >= 15 is 0 Å². The Morgan fingerprint density at radius 3 is 2.94 bits per heavy atom. The lowest BCUT2D eigenvalue weighted by molar-refractivity contribution is 0.0998.